The number of fused-ring (bicyclic) bond motifs is 1. The maximum absolute atomic E-state index is 14.3. The third-order valence-electron chi connectivity index (χ3n) is 3.59. The highest BCUT2D eigenvalue weighted by atomic mass is 19.2. The minimum atomic E-state index is -1.45. The van der Waals surface area contributed by atoms with Gasteiger partial charge in [0.2, 0.25) is 11.6 Å². The van der Waals surface area contributed by atoms with E-state index in [9.17, 15) is 13.2 Å². The molecule has 2 nitrogen and oxygen atoms in total. The summed E-state index contributed by atoms with van der Waals surface area (Å²) >= 11 is 0. The Kier molecular flexibility index (Phi) is 3.67. The van der Waals surface area contributed by atoms with Gasteiger partial charge >= 0.3 is 0 Å². The van der Waals surface area contributed by atoms with Crippen LogP contribution in [0, 0.1) is 35.7 Å². The van der Waals surface area contributed by atoms with Gasteiger partial charge in [-0.1, -0.05) is 36.4 Å². The lowest BCUT2D eigenvalue weighted by atomic mass is 10.1. The second-order valence-corrected chi connectivity index (χ2v) is 4.96. The summed E-state index contributed by atoms with van der Waals surface area (Å²) in [7, 11) is 0. The van der Waals surface area contributed by atoms with E-state index >= 15 is 0 Å². The summed E-state index contributed by atoms with van der Waals surface area (Å²) < 4.78 is 47.5. The highest BCUT2D eigenvalue weighted by Gasteiger charge is 2.25. The number of halogens is 3. The molecule has 0 spiro atoms. The molecule has 0 aromatic heterocycles. The molecule has 0 heterocycles. The maximum Gasteiger partial charge on any atom is 0.204 e. The molecule has 0 N–H and O–H groups in total. The average molecular weight is 313 g/mol. The molecular weight excluding hydrogens is 303 g/mol. The van der Waals surface area contributed by atoms with Crippen LogP contribution >= 0.6 is 0 Å². The van der Waals surface area contributed by atoms with Gasteiger partial charge in [-0.2, -0.15) is 9.65 Å². The van der Waals surface area contributed by atoms with Gasteiger partial charge in [-0.25, -0.2) is 8.78 Å². The Morgan fingerprint density at radius 2 is 1.61 bits per heavy atom. The van der Waals surface area contributed by atoms with E-state index in [-0.39, 0.29) is 11.3 Å². The van der Waals surface area contributed by atoms with Crippen LogP contribution in [0.3, 0.4) is 0 Å². The molecule has 0 saturated heterocycles. The Labute approximate surface area is 130 Å². The Bertz CT molecular complexity index is 955. The molecule has 5 heteroatoms. The second-order valence-electron chi connectivity index (χ2n) is 4.96. The minimum Gasteiger partial charge on any atom is -0.450 e. The van der Waals surface area contributed by atoms with Gasteiger partial charge in [-0.3, -0.25) is 0 Å². The summed E-state index contributed by atoms with van der Waals surface area (Å²) in [6, 6.07) is 13.6. The zero-order valence-corrected chi connectivity index (χ0v) is 12.0. The zero-order valence-electron chi connectivity index (χ0n) is 12.0. The number of hydrogen-bond acceptors (Lipinski definition) is 2. The van der Waals surface area contributed by atoms with Gasteiger partial charge in [-0.15, -0.1) is 0 Å². The van der Waals surface area contributed by atoms with Gasteiger partial charge in [0.15, 0.2) is 11.6 Å². The van der Waals surface area contributed by atoms with Gasteiger partial charge in [0.1, 0.15) is 11.8 Å². The van der Waals surface area contributed by atoms with Crippen LogP contribution in [0.25, 0.3) is 10.8 Å². The first kappa shape index (κ1) is 14.9. The van der Waals surface area contributed by atoms with Crippen molar-refractivity contribution >= 4 is 10.8 Å². The maximum atomic E-state index is 14.3. The Morgan fingerprint density at radius 1 is 0.913 bits per heavy atom. The molecule has 0 fully saturated rings. The van der Waals surface area contributed by atoms with Gasteiger partial charge in [0.25, 0.3) is 0 Å². The predicted molar refractivity (Wildman–Crippen MR) is 79.8 cm³/mol. The van der Waals surface area contributed by atoms with Crippen molar-refractivity contribution in [3.63, 3.8) is 0 Å². The van der Waals surface area contributed by atoms with Gasteiger partial charge in [0, 0.05) is 10.9 Å². The molecule has 0 aliphatic carbocycles. The van der Waals surface area contributed by atoms with Crippen LogP contribution in [0.5, 0.6) is 11.5 Å². The fourth-order valence-electron chi connectivity index (χ4n) is 2.37. The Morgan fingerprint density at radius 3 is 2.35 bits per heavy atom. The van der Waals surface area contributed by atoms with Crippen molar-refractivity contribution in [1.29, 1.82) is 5.26 Å². The van der Waals surface area contributed by atoms with E-state index in [1.54, 1.807) is 18.2 Å². The number of ether oxygens (including phenoxy) is 1. The van der Waals surface area contributed by atoms with Crippen molar-refractivity contribution in [2.75, 3.05) is 0 Å². The smallest absolute Gasteiger partial charge is 0.204 e. The van der Waals surface area contributed by atoms with E-state index in [1.807, 2.05) is 18.2 Å². The van der Waals surface area contributed by atoms with Crippen LogP contribution in [0.2, 0.25) is 0 Å². The molecule has 3 rings (SSSR count). The van der Waals surface area contributed by atoms with Crippen molar-refractivity contribution in [3.8, 4) is 17.6 Å². The summed E-state index contributed by atoms with van der Waals surface area (Å²) in [6.07, 6.45) is 0. The third-order valence-corrected chi connectivity index (χ3v) is 3.59. The Hall–Kier alpha value is -3.00. The van der Waals surface area contributed by atoms with E-state index in [1.165, 1.54) is 12.1 Å². The quantitative estimate of drug-likeness (QED) is 0.607. The largest absolute Gasteiger partial charge is 0.450 e. The lowest BCUT2D eigenvalue weighted by Crippen LogP contribution is -2.03. The first-order chi connectivity index (χ1) is 11.0. The molecule has 23 heavy (non-hydrogen) atoms. The fraction of sp³-hybridized carbons (Fsp3) is 0.0556. The van der Waals surface area contributed by atoms with E-state index in [2.05, 4.69) is 0 Å². The van der Waals surface area contributed by atoms with E-state index in [0.29, 0.717) is 5.39 Å². The highest BCUT2D eigenvalue weighted by Crippen LogP contribution is 2.36. The Balaban J connectivity index is 2.21. The third kappa shape index (κ3) is 2.38. The van der Waals surface area contributed by atoms with Crippen molar-refractivity contribution in [1.82, 2.24) is 0 Å². The topological polar surface area (TPSA) is 33.0 Å². The molecular formula is C18H10F3NO. The first-order valence-electron chi connectivity index (χ1n) is 6.77. The standard InChI is InChI=1S/C18H10F3NO/c1-10-13(9-22)16(20)18(17(21)15(10)19)23-14-8-4-6-11-5-2-3-7-12(11)14/h2-8H,1H3. The first-order valence-corrected chi connectivity index (χ1v) is 6.77. The summed E-state index contributed by atoms with van der Waals surface area (Å²) in [5.74, 6) is -4.70. The van der Waals surface area contributed by atoms with Crippen LogP contribution in [-0.4, -0.2) is 0 Å². The summed E-state index contributed by atoms with van der Waals surface area (Å²) in [5, 5.41) is 10.4. The number of nitrogens with zero attached hydrogens (tertiary/aromatic N) is 1. The van der Waals surface area contributed by atoms with Crippen LogP contribution in [-0.2, 0) is 0 Å². The lowest BCUT2D eigenvalue weighted by Gasteiger charge is -2.13. The van der Waals surface area contributed by atoms with Crippen LogP contribution < -0.4 is 4.74 Å². The number of hydrogen-bond donors (Lipinski definition) is 0. The molecule has 0 aliphatic rings. The predicted octanol–water partition coefficient (Wildman–Crippen LogP) is 5.23. The van der Waals surface area contributed by atoms with Crippen molar-refractivity contribution < 1.29 is 17.9 Å². The van der Waals surface area contributed by atoms with Crippen LogP contribution in [0.15, 0.2) is 42.5 Å². The molecule has 0 saturated carbocycles. The summed E-state index contributed by atoms with van der Waals surface area (Å²) in [4.78, 5) is 0. The normalized spacial score (nSPS) is 10.6. The molecule has 3 aromatic rings. The number of rotatable bonds is 2. The fourth-order valence-corrected chi connectivity index (χ4v) is 2.37. The SMILES string of the molecule is Cc1c(F)c(F)c(Oc2cccc3ccccc23)c(F)c1C#N. The number of benzene rings is 3. The van der Waals surface area contributed by atoms with E-state index in [4.69, 9.17) is 10.00 Å². The van der Waals surface area contributed by atoms with E-state index < -0.39 is 28.8 Å². The molecule has 0 radical (unpaired) electrons. The van der Waals surface area contributed by atoms with E-state index in [0.717, 1.165) is 12.3 Å². The van der Waals surface area contributed by atoms with Crippen LogP contribution in [0.1, 0.15) is 11.1 Å². The molecule has 0 aliphatic heterocycles. The lowest BCUT2D eigenvalue weighted by molar-refractivity contribution is 0.386. The molecule has 0 bridgehead atoms. The summed E-state index contributed by atoms with van der Waals surface area (Å²) in [5.41, 5.74) is -0.952. The van der Waals surface area contributed by atoms with Gasteiger partial charge in [-0.05, 0) is 18.4 Å². The second kappa shape index (κ2) is 5.65. The number of nitriles is 1. The molecule has 0 atom stereocenters. The van der Waals surface area contributed by atoms with Crippen molar-refractivity contribution in [3.05, 3.63) is 71.0 Å². The molecule has 3 aromatic carbocycles. The molecule has 114 valence electrons. The van der Waals surface area contributed by atoms with Crippen molar-refractivity contribution in [2.24, 2.45) is 0 Å². The zero-order chi connectivity index (χ0) is 16.6. The minimum absolute atomic E-state index is 0.174. The molecule has 0 unspecified atom stereocenters. The van der Waals surface area contributed by atoms with Gasteiger partial charge in [0.05, 0.1) is 5.56 Å². The molecule has 0 amide bonds. The van der Waals surface area contributed by atoms with Crippen LogP contribution in [0.4, 0.5) is 13.2 Å². The monoisotopic (exact) mass is 313 g/mol. The van der Waals surface area contributed by atoms with Crippen molar-refractivity contribution in [2.45, 2.75) is 6.92 Å². The van der Waals surface area contributed by atoms with Gasteiger partial charge < -0.3 is 4.74 Å². The average Bonchev–Trinajstić information content (AvgIpc) is 2.57. The highest BCUT2D eigenvalue weighted by molar-refractivity contribution is 5.88. The summed E-state index contributed by atoms with van der Waals surface area (Å²) in [6.45, 7) is 1.14.